The minimum absolute atomic E-state index is 0.0347. The van der Waals surface area contributed by atoms with E-state index >= 15 is 0 Å². The summed E-state index contributed by atoms with van der Waals surface area (Å²) in [6, 6.07) is -0.332. The highest BCUT2D eigenvalue weighted by atomic mass is 16.6. The van der Waals surface area contributed by atoms with Crippen LogP contribution in [0.4, 0.5) is 4.79 Å². The molecule has 0 aliphatic carbocycles. The maximum Gasteiger partial charge on any atom is 0.407 e. The highest BCUT2D eigenvalue weighted by Gasteiger charge is 2.23. The molecule has 7 heteroatoms. The van der Waals surface area contributed by atoms with Crippen molar-refractivity contribution in [1.29, 1.82) is 0 Å². The zero-order valence-corrected chi connectivity index (χ0v) is 14.3. The van der Waals surface area contributed by atoms with E-state index in [1.54, 1.807) is 4.90 Å². The Morgan fingerprint density at radius 3 is 2.36 bits per heavy atom. The van der Waals surface area contributed by atoms with Crippen LogP contribution in [0.3, 0.4) is 0 Å². The third-order valence-electron chi connectivity index (χ3n) is 3.18. The molecule has 128 valence electrons. The Bertz CT molecular complexity index is 375. The van der Waals surface area contributed by atoms with E-state index in [0.29, 0.717) is 32.8 Å². The molecule has 0 aromatic heterocycles. The number of nitrogens with one attached hydrogen (secondary N) is 2. The molecular formula is C15H29N3O4. The van der Waals surface area contributed by atoms with E-state index in [-0.39, 0.29) is 18.0 Å². The summed E-state index contributed by atoms with van der Waals surface area (Å²) in [5.41, 5.74) is -0.514. The van der Waals surface area contributed by atoms with Crippen LogP contribution in [-0.2, 0) is 14.3 Å². The van der Waals surface area contributed by atoms with Gasteiger partial charge in [0.15, 0.2) is 0 Å². The van der Waals surface area contributed by atoms with Crippen LogP contribution in [0.2, 0.25) is 0 Å². The summed E-state index contributed by atoms with van der Waals surface area (Å²) in [7, 11) is 0. The van der Waals surface area contributed by atoms with Gasteiger partial charge < -0.3 is 25.0 Å². The first kappa shape index (κ1) is 18.7. The lowest BCUT2D eigenvalue weighted by molar-refractivity contribution is -0.137. The van der Waals surface area contributed by atoms with Gasteiger partial charge >= 0.3 is 6.09 Å². The summed E-state index contributed by atoms with van der Waals surface area (Å²) in [6.07, 6.45) is -0.451. The minimum Gasteiger partial charge on any atom is -0.444 e. The van der Waals surface area contributed by atoms with Crippen LogP contribution in [0.25, 0.3) is 0 Å². The fourth-order valence-corrected chi connectivity index (χ4v) is 2.17. The lowest BCUT2D eigenvalue weighted by Crippen LogP contribution is -2.52. The Balaban J connectivity index is 2.29. The normalized spacial score (nSPS) is 18.5. The Hall–Kier alpha value is -1.34. The van der Waals surface area contributed by atoms with Crippen LogP contribution in [0.1, 0.15) is 34.6 Å². The van der Waals surface area contributed by atoms with Gasteiger partial charge in [0.1, 0.15) is 5.60 Å². The molecular weight excluding hydrogens is 286 g/mol. The molecule has 0 bridgehead atoms. The first-order valence-corrected chi connectivity index (χ1v) is 7.78. The van der Waals surface area contributed by atoms with E-state index in [9.17, 15) is 9.59 Å². The summed E-state index contributed by atoms with van der Waals surface area (Å²) < 4.78 is 10.4. The smallest absolute Gasteiger partial charge is 0.407 e. The van der Waals surface area contributed by atoms with E-state index in [2.05, 4.69) is 10.6 Å². The molecule has 1 aliphatic heterocycles. The van der Waals surface area contributed by atoms with Gasteiger partial charge in [-0.05, 0) is 34.6 Å². The van der Waals surface area contributed by atoms with Crippen molar-refractivity contribution in [3.63, 3.8) is 0 Å². The molecule has 1 aliphatic rings. The summed E-state index contributed by atoms with van der Waals surface area (Å²) >= 11 is 0. The Labute approximate surface area is 132 Å². The number of amides is 2. The van der Waals surface area contributed by atoms with Crippen molar-refractivity contribution in [2.24, 2.45) is 0 Å². The largest absolute Gasteiger partial charge is 0.444 e. The maximum absolute atomic E-state index is 12.3. The van der Waals surface area contributed by atoms with E-state index in [1.807, 2.05) is 34.6 Å². The zero-order valence-electron chi connectivity index (χ0n) is 14.3. The van der Waals surface area contributed by atoms with Gasteiger partial charge in [-0.2, -0.15) is 0 Å². The average Bonchev–Trinajstić information content (AvgIpc) is 2.43. The van der Waals surface area contributed by atoms with Gasteiger partial charge in [0.2, 0.25) is 5.91 Å². The van der Waals surface area contributed by atoms with Gasteiger partial charge in [-0.15, -0.1) is 0 Å². The molecule has 2 atom stereocenters. The van der Waals surface area contributed by atoms with Crippen LogP contribution in [0.5, 0.6) is 0 Å². The molecule has 7 nitrogen and oxygen atoms in total. The van der Waals surface area contributed by atoms with Crippen molar-refractivity contribution in [3.05, 3.63) is 0 Å². The fraction of sp³-hybridized carbons (Fsp3) is 0.867. The highest BCUT2D eigenvalue weighted by Crippen LogP contribution is 2.06. The third kappa shape index (κ3) is 7.09. The van der Waals surface area contributed by atoms with Gasteiger partial charge in [0.05, 0.1) is 19.3 Å². The van der Waals surface area contributed by atoms with Crippen LogP contribution in [0.15, 0.2) is 0 Å². The standard InChI is InChI=1S/C15H29N3O4/c1-11(10-16-14(20)22-15(3,4)5)17-12(2)13(19)18-6-8-21-9-7-18/h11-12,17H,6-10H2,1-5H3,(H,16,20). The summed E-state index contributed by atoms with van der Waals surface area (Å²) in [4.78, 5) is 25.6. The number of ether oxygens (including phenoxy) is 2. The molecule has 0 aromatic carbocycles. The number of hydrogen-bond acceptors (Lipinski definition) is 5. The molecule has 0 radical (unpaired) electrons. The van der Waals surface area contributed by atoms with Crippen LogP contribution in [-0.4, -0.2) is 67.4 Å². The molecule has 0 saturated carbocycles. The van der Waals surface area contributed by atoms with Gasteiger partial charge in [-0.1, -0.05) is 0 Å². The molecule has 22 heavy (non-hydrogen) atoms. The first-order chi connectivity index (χ1) is 10.2. The first-order valence-electron chi connectivity index (χ1n) is 7.78. The van der Waals surface area contributed by atoms with Gasteiger partial charge in [0, 0.05) is 25.7 Å². The van der Waals surface area contributed by atoms with Gasteiger partial charge in [0.25, 0.3) is 0 Å². The Morgan fingerprint density at radius 1 is 1.23 bits per heavy atom. The van der Waals surface area contributed by atoms with Crippen molar-refractivity contribution in [2.75, 3.05) is 32.8 Å². The van der Waals surface area contributed by atoms with E-state index in [1.165, 1.54) is 0 Å². The van der Waals surface area contributed by atoms with Crippen molar-refractivity contribution in [2.45, 2.75) is 52.3 Å². The predicted octanol–water partition coefficient (Wildman–Crippen LogP) is 0.737. The lowest BCUT2D eigenvalue weighted by Gasteiger charge is -2.30. The molecule has 1 saturated heterocycles. The monoisotopic (exact) mass is 315 g/mol. The molecule has 2 amide bonds. The summed E-state index contributed by atoms with van der Waals surface area (Å²) in [5, 5.41) is 5.89. The van der Waals surface area contributed by atoms with Crippen LogP contribution in [0, 0.1) is 0 Å². The van der Waals surface area contributed by atoms with Crippen LogP contribution < -0.4 is 10.6 Å². The number of morpholine rings is 1. The highest BCUT2D eigenvalue weighted by molar-refractivity contribution is 5.81. The summed E-state index contributed by atoms with van der Waals surface area (Å²) in [5.74, 6) is 0.0624. The average molecular weight is 315 g/mol. The second kappa shape index (κ2) is 8.33. The number of rotatable bonds is 5. The molecule has 1 fully saturated rings. The second-order valence-electron chi connectivity index (χ2n) is 6.61. The molecule has 2 unspecified atom stereocenters. The maximum atomic E-state index is 12.3. The topological polar surface area (TPSA) is 79.9 Å². The third-order valence-corrected chi connectivity index (χ3v) is 3.18. The number of carbonyl (C=O) groups is 2. The molecule has 1 heterocycles. The van der Waals surface area contributed by atoms with Crippen molar-refractivity contribution in [3.8, 4) is 0 Å². The van der Waals surface area contributed by atoms with E-state index < -0.39 is 11.7 Å². The number of hydrogen-bond donors (Lipinski definition) is 2. The van der Waals surface area contributed by atoms with E-state index in [4.69, 9.17) is 9.47 Å². The quantitative estimate of drug-likeness (QED) is 0.782. The molecule has 2 N–H and O–H groups in total. The lowest BCUT2D eigenvalue weighted by atomic mass is 10.2. The zero-order chi connectivity index (χ0) is 16.8. The molecule has 0 aromatic rings. The predicted molar refractivity (Wildman–Crippen MR) is 83.7 cm³/mol. The number of nitrogens with zero attached hydrogens (tertiary/aromatic N) is 1. The fourth-order valence-electron chi connectivity index (χ4n) is 2.17. The van der Waals surface area contributed by atoms with Gasteiger partial charge in [-0.3, -0.25) is 4.79 Å². The van der Waals surface area contributed by atoms with E-state index in [0.717, 1.165) is 0 Å². The molecule has 0 spiro atoms. The Kier molecular flexibility index (Phi) is 7.09. The summed E-state index contributed by atoms with van der Waals surface area (Å²) in [6.45, 7) is 12.1. The Morgan fingerprint density at radius 2 is 1.82 bits per heavy atom. The number of alkyl carbamates (subject to hydrolysis) is 1. The SMILES string of the molecule is CC(CNC(=O)OC(C)(C)C)NC(C)C(=O)N1CCOCC1. The minimum atomic E-state index is -0.514. The van der Waals surface area contributed by atoms with Crippen molar-refractivity contribution in [1.82, 2.24) is 15.5 Å². The van der Waals surface area contributed by atoms with Crippen molar-refractivity contribution < 1.29 is 19.1 Å². The van der Waals surface area contributed by atoms with Gasteiger partial charge in [-0.25, -0.2) is 4.79 Å². The number of carbonyl (C=O) groups excluding carboxylic acids is 2. The molecule has 1 rings (SSSR count). The second-order valence-corrected chi connectivity index (χ2v) is 6.61. The van der Waals surface area contributed by atoms with Crippen molar-refractivity contribution >= 4 is 12.0 Å². The van der Waals surface area contributed by atoms with Crippen LogP contribution >= 0.6 is 0 Å².